The van der Waals surface area contributed by atoms with Crippen molar-refractivity contribution in [3.8, 4) is 5.75 Å². The minimum atomic E-state index is -0.169. The lowest BCUT2D eigenvalue weighted by atomic mass is 9.84. The fraction of sp³-hybridized carbons (Fsp3) is 0.222. The lowest BCUT2D eigenvalue weighted by Crippen LogP contribution is -2.20. The Balaban J connectivity index is 1.80. The number of rotatable bonds is 6. The van der Waals surface area contributed by atoms with Gasteiger partial charge in [-0.2, -0.15) is 0 Å². The maximum absolute atomic E-state index is 12.6. The molecule has 5 nitrogen and oxygen atoms in total. The highest BCUT2D eigenvalue weighted by Gasteiger charge is 2.29. The van der Waals surface area contributed by atoms with Gasteiger partial charge < -0.3 is 14.6 Å². The van der Waals surface area contributed by atoms with Crippen LogP contribution in [0, 0.1) is 0 Å². The Morgan fingerprint density at radius 3 is 2.13 bits per heavy atom. The molecule has 0 aromatic heterocycles. The summed E-state index contributed by atoms with van der Waals surface area (Å²) < 4.78 is 10.6. The van der Waals surface area contributed by atoms with Crippen LogP contribution < -0.4 is 4.74 Å². The Bertz CT molecular complexity index is 751. The first kappa shape index (κ1) is 15.4. The van der Waals surface area contributed by atoms with Crippen LogP contribution in [0.2, 0.25) is 0 Å². The molecule has 0 radical (unpaired) electrons. The SMILES string of the molecule is O=C1c2ccccc2C(=O)c2cc(OCCOCCO)ccc21. The standard InChI is InChI=1S/C18H16O5/c19-7-8-22-9-10-23-12-5-6-15-16(11-12)18(21)14-4-2-1-3-13(14)17(15)20/h1-6,11,19H,7-10H2. The van der Waals surface area contributed by atoms with E-state index >= 15 is 0 Å². The zero-order valence-electron chi connectivity index (χ0n) is 12.5. The molecule has 23 heavy (non-hydrogen) atoms. The van der Waals surface area contributed by atoms with Crippen molar-refractivity contribution in [3.63, 3.8) is 0 Å². The highest BCUT2D eigenvalue weighted by atomic mass is 16.5. The normalized spacial score (nSPS) is 12.7. The first-order valence-electron chi connectivity index (χ1n) is 7.36. The second-order valence-electron chi connectivity index (χ2n) is 5.10. The van der Waals surface area contributed by atoms with Gasteiger partial charge >= 0.3 is 0 Å². The lowest BCUT2D eigenvalue weighted by molar-refractivity contribution is 0.0705. The molecule has 118 valence electrons. The van der Waals surface area contributed by atoms with Crippen molar-refractivity contribution in [1.29, 1.82) is 0 Å². The summed E-state index contributed by atoms with van der Waals surface area (Å²) in [6.07, 6.45) is 0. The summed E-state index contributed by atoms with van der Waals surface area (Å²) in [5, 5.41) is 8.61. The first-order chi connectivity index (χ1) is 11.2. The zero-order chi connectivity index (χ0) is 16.2. The molecule has 0 saturated carbocycles. The number of fused-ring (bicyclic) bond motifs is 2. The van der Waals surface area contributed by atoms with Crippen molar-refractivity contribution in [2.24, 2.45) is 0 Å². The molecule has 0 spiro atoms. The molecule has 0 unspecified atom stereocenters. The smallest absolute Gasteiger partial charge is 0.194 e. The van der Waals surface area contributed by atoms with Gasteiger partial charge in [-0.3, -0.25) is 9.59 Å². The van der Waals surface area contributed by atoms with Crippen LogP contribution >= 0.6 is 0 Å². The number of carbonyl (C=O) groups is 2. The number of aliphatic hydroxyl groups excluding tert-OH is 1. The maximum Gasteiger partial charge on any atom is 0.194 e. The van der Waals surface area contributed by atoms with Crippen molar-refractivity contribution in [1.82, 2.24) is 0 Å². The van der Waals surface area contributed by atoms with E-state index in [1.165, 1.54) is 0 Å². The Labute approximate surface area is 133 Å². The highest BCUT2D eigenvalue weighted by molar-refractivity contribution is 6.28. The minimum absolute atomic E-state index is 0.0329. The fourth-order valence-corrected chi connectivity index (χ4v) is 2.55. The van der Waals surface area contributed by atoms with Crippen molar-refractivity contribution >= 4 is 11.6 Å². The first-order valence-corrected chi connectivity index (χ1v) is 7.36. The third kappa shape index (κ3) is 3.02. The van der Waals surface area contributed by atoms with Gasteiger partial charge in [0.15, 0.2) is 11.6 Å². The molecular formula is C18H16O5. The van der Waals surface area contributed by atoms with Crippen LogP contribution in [0.1, 0.15) is 31.8 Å². The van der Waals surface area contributed by atoms with E-state index in [1.807, 2.05) is 0 Å². The van der Waals surface area contributed by atoms with E-state index in [1.54, 1.807) is 42.5 Å². The molecule has 0 bridgehead atoms. The quantitative estimate of drug-likeness (QED) is 0.703. The topological polar surface area (TPSA) is 72.8 Å². The Morgan fingerprint density at radius 2 is 1.43 bits per heavy atom. The fourth-order valence-electron chi connectivity index (χ4n) is 2.55. The Morgan fingerprint density at radius 1 is 0.783 bits per heavy atom. The molecule has 0 atom stereocenters. The second-order valence-corrected chi connectivity index (χ2v) is 5.10. The molecule has 0 fully saturated rings. The van der Waals surface area contributed by atoms with Crippen LogP contribution in [0.4, 0.5) is 0 Å². The minimum Gasteiger partial charge on any atom is -0.491 e. The number of aliphatic hydroxyl groups is 1. The van der Waals surface area contributed by atoms with Crippen molar-refractivity contribution in [2.75, 3.05) is 26.4 Å². The van der Waals surface area contributed by atoms with Gasteiger partial charge in [0.1, 0.15) is 12.4 Å². The van der Waals surface area contributed by atoms with Crippen LogP contribution in [-0.4, -0.2) is 43.1 Å². The molecule has 1 aliphatic rings. The summed E-state index contributed by atoms with van der Waals surface area (Å²) in [5.74, 6) is 0.196. The highest BCUT2D eigenvalue weighted by Crippen LogP contribution is 2.29. The van der Waals surface area contributed by atoms with Gasteiger partial charge in [0.05, 0.1) is 19.8 Å². The molecule has 5 heteroatoms. The third-order valence-electron chi connectivity index (χ3n) is 3.63. The van der Waals surface area contributed by atoms with Crippen molar-refractivity contribution in [2.45, 2.75) is 0 Å². The third-order valence-corrected chi connectivity index (χ3v) is 3.63. The average Bonchev–Trinajstić information content (AvgIpc) is 2.59. The van der Waals surface area contributed by atoms with Gasteiger partial charge in [-0.1, -0.05) is 24.3 Å². The molecule has 2 aromatic rings. The summed E-state index contributed by atoms with van der Waals surface area (Å²) in [6.45, 7) is 0.872. The summed E-state index contributed by atoms with van der Waals surface area (Å²) in [5.41, 5.74) is 1.63. The summed E-state index contributed by atoms with van der Waals surface area (Å²) in [7, 11) is 0. The van der Waals surface area contributed by atoms with E-state index < -0.39 is 0 Å². The molecule has 1 N–H and O–H groups in total. The number of hydrogen-bond donors (Lipinski definition) is 1. The van der Waals surface area contributed by atoms with Gasteiger partial charge in [-0.15, -0.1) is 0 Å². The molecule has 0 saturated heterocycles. The van der Waals surface area contributed by atoms with Crippen LogP contribution in [0.3, 0.4) is 0 Å². The largest absolute Gasteiger partial charge is 0.491 e. The van der Waals surface area contributed by atoms with E-state index in [0.29, 0.717) is 41.2 Å². The van der Waals surface area contributed by atoms with Crippen LogP contribution in [0.5, 0.6) is 5.75 Å². The summed E-state index contributed by atoms with van der Waals surface area (Å²) in [6, 6.07) is 11.7. The number of ether oxygens (including phenoxy) is 2. The van der Waals surface area contributed by atoms with Gasteiger partial charge in [0.2, 0.25) is 0 Å². The van der Waals surface area contributed by atoms with E-state index in [-0.39, 0.29) is 24.8 Å². The number of benzene rings is 2. The number of hydrogen-bond acceptors (Lipinski definition) is 5. The Hall–Kier alpha value is -2.50. The van der Waals surface area contributed by atoms with E-state index in [9.17, 15) is 9.59 Å². The molecule has 0 heterocycles. The summed E-state index contributed by atoms with van der Waals surface area (Å²) >= 11 is 0. The Kier molecular flexibility index (Phi) is 4.50. The summed E-state index contributed by atoms with van der Waals surface area (Å²) in [4.78, 5) is 25.0. The lowest BCUT2D eigenvalue weighted by Gasteiger charge is -2.18. The predicted octanol–water partition coefficient (Wildman–Crippen LogP) is 1.85. The molecule has 0 amide bonds. The van der Waals surface area contributed by atoms with E-state index in [4.69, 9.17) is 14.6 Å². The van der Waals surface area contributed by atoms with Crippen molar-refractivity contribution in [3.05, 3.63) is 64.7 Å². The van der Waals surface area contributed by atoms with Crippen LogP contribution in [-0.2, 0) is 4.74 Å². The van der Waals surface area contributed by atoms with Crippen LogP contribution in [0.15, 0.2) is 42.5 Å². The monoisotopic (exact) mass is 312 g/mol. The molecule has 2 aromatic carbocycles. The second kappa shape index (κ2) is 6.73. The van der Waals surface area contributed by atoms with Gasteiger partial charge in [0, 0.05) is 22.3 Å². The van der Waals surface area contributed by atoms with Crippen LogP contribution in [0.25, 0.3) is 0 Å². The average molecular weight is 312 g/mol. The van der Waals surface area contributed by atoms with Gasteiger partial charge in [-0.25, -0.2) is 0 Å². The molecular weight excluding hydrogens is 296 g/mol. The maximum atomic E-state index is 12.6. The van der Waals surface area contributed by atoms with Crippen molar-refractivity contribution < 1.29 is 24.2 Å². The van der Waals surface area contributed by atoms with Gasteiger partial charge in [0.25, 0.3) is 0 Å². The molecule has 0 aliphatic heterocycles. The zero-order valence-corrected chi connectivity index (χ0v) is 12.5. The van der Waals surface area contributed by atoms with E-state index in [2.05, 4.69) is 0 Å². The number of ketones is 2. The van der Waals surface area contributed by atoms with E-state index in [0.717, 1.165) is 0 Å². The molecule has 3 rings (SSSR count). The molecule has 1 aliphatic carbocycles. The van der Waals surface area contributed by atoms with Gasteiger partial charge in [-0.05, 0) is 18.2 Å². The number of carbonyl (C=O) groups excluding carboxylic acids is 2. The predicted molar refractivity (Wildman–Crippen MR) is 83.1 cm³/mol.